The van der Waals surface area contributed by atoms with Gasteiger partial charge in [0.25, 0.3) is 0 Å². The SMILES string of the molecule is O=C1OC(c2ccc(F)c3ccccc23)=NC1=CN1CCN(C(=O)O)CC1. The topological polar surface area (TPSA) is 82.4 Å². The molecule has 0 bridgehead atoms. The first-order chi connectivity index (χ1) is 13.0. The van der Waals surface area contributed by atoms with Gasteiger partial charge in [-0.1, -0.05) is 24.3 Å². The van der Waals surface area contributed by atoms with Gasteiger partial charge >= 0.3 is 12.1 Å². The van der Waals surface area contributed by atoms with Gasteiger partial charge in [-0.05, 0) is 17.5 Å². The molecule has 2 aromatic carbocycles. The number of ether oxygens (including phenoxy) is 1. The quantitative estimate of drug-likeness (QED) is 0.649. The van der Waals surface area contributed by atoms with Crippen molar-refractivity contribution in [3.63, 3.8) is 0 Å². The van der Waals surface area contributed by atoms with E-state index < -0.39 is 12.1 Å². The lowest BCUT2D eigenvalue weighted by molar-refractivity contribution is -0.130. The minimum Gasteiger partial charge on any atom is -0.465 e. The average molecular weight is 369 g/mol. The number of nitrogens with zero attached hydrogens (tertiary/aromatic N) is 3. The van der Waals surface area contributed by atoms with Gasteiger partial charge in [-0.2, -0.15) is 0 Å². The fourth-order valence-corrected chi connectivity index (χ4v) is 3.18. The first-order valence-electron chi connectivity index (χ1n) is 8.45. The Bertz CT molecular complexity index is 994. The molecule has 0 aromatic heterocycles. The molecule has 0 atom stereocenters. The number of carbonyl (C=O) groups is 2. The number of amides is 1. The Hall–Kier alpha value is -3.42. The highest BCUT2D eigenvalue weighted by atomic mass is 19.1. The lowest BCUT2D eigenvalue weighted by Gasteiger charge is -2.32. The van der Waals surface area contributed by atoms with Crippen molar-refractivity contribution >= 4 is 28.7 Å². The fourth-order valence-electron chi connectivity index (χ4n) is 3.18. The van der Waals surface area contributed by atoms with Gasteiger partial charge in [-0.25, -0.2) is 19.0 Å². The monoisotopic (exact) mass is 369 g/mol. The maximum Gasteiger partial charge on any atom is 0.407 e. The van der Waals surface area contributed by atoms with Gasteiger partial charge in [0.15, 0.2) is 5.70 Å². The Labute approximate surface area is 154 Å². The second kappa shape index (κ2) is 6.71. The third kappa shape index (κ3) is 3.21. The normalized spacial score (nSPS) is 18.8. The largest absolute Gasteiger partial charge is 0.465 e. The number of cyclic esters (lactones) is 1. The highest BCUT2D eigenvalue weighted by molar-refractivity contribution is 6.16. The Morgan fingerprint density at radius 3 is 2.52 bits per heavy atom. The number of benzene rings is 2. The number of carbonyl (C=O) groups excluding carboxylic acids is 1. The van der Waals surface area contributed by atoms with E-state index in [9.17, 15) is 14.0 Å². The number of fused-ring (bicyclic) bond motifs is 1. The molecule has 2 heterocycles. The van der Waals surface area contributed by atoms with Gasteiger partial charge in [0, 0.05) is 43.3 Å². The molecule has 2 aliphatic rings. The Kier molecular flexibility index (Phi) is 4.23. The van der Waals surface area contributed by atoms with Crippen LogP contribution in [0, 0.1) is 5.82 Å². The molecule has 0 unspecified atom stereocenters. The molecular formula is C19H16FN3O4. The standard InChI is InChI=1S/C19H16FN3O4/c20-15-6-5-14(12-3-1-2-4-13(12)15)17-21-16(18(24)27-17)11-22-7-9-23(10-8-22)19(25)26/h1-6,11H,7-10H2,(H,25,26). The summed E-state index contributed by atoms with van der Waals surface area (Å²) in [5.41, 5.74) is 0.682. The van der Waals surface area contributed by atoms with Crippen LogP contribution in [0.4, 0.5) is 9.18 Å². The number of piperazine rings is 1. The first kappa shape index (κ1) is 17.0. The molecule has 1 amide bonds. The summed E-state index contributed by atoms with van der Waals surface area (Å²) in [6, 6.07) is 9.78. The van der Waals surface area contributed by atoms with Crippen LogP contribution in [-0.2, 0) is 9.53 Å². The van der Waals surface area contributed by atoms with Crippen molar-refractivity contribution in [3.05, 3.63) is 59.7 Å². The summed E-state index contributed by atoms with van der Waals surface area (Å²) in [5.74, 6) is -0.808. The molecule has 0 saturated carbocycles. The van der Waals surface area contributed by atoms with Crippen LogP contribution in [0.1, 0.15) is 5.56 Å². The second-order valence-corrected chi connectivity index (χ2v) is 6.27. The molecule has 7 nitrogen and oxygen atoms in total. The van der Waals surface area contributed by atoms with Crippen molar-refractivity contribution in [2.75, 3.05) is 26.2 Å². The molecule has 8 heteroatoms. The number of aliphatic imine (C=N–C) groups is 1. The molecule has 27 heavy (non-hydrogen) atoms. The Morgan fingerprint density at radius 2 is 1.81 bits per heavy atom. The maximum atomic E-state index is 14.0. The van der Waals surface area contributed by atoms with Crippen molar-refractivity contribution in [1.29, 1.82) is 0 Å². The number of halogens is 1. The maximum absolute atomic E-state index is 14.0. The van der Waals surface area contributed by atoms with E-state index in [0.29, 0.717) is 42.5 Å². The zero-order chi connectivity index (χ0) is 19.0. The average Bonchev–Trinajstić information content (AvgIpc) is 3.03. The summed E-state index contributed by atoms with van der Waals surface area (Å²) >= 11 is 0. The molecule has 1 fully saturated rings. The van der Waals surface area contributed by atoms with Gasteiger partial charge in [-0.15, -0.1) is 0 Å². The molecule has 2 aliphatic heterocycles. The van der Waals surface area contributed by atoms with Crippen LogP contribution in [0.3, 0.4) is 0 Å². The van der Waals surface area contributed by atoms with Crippen LogP contribution in [0.5, 0.6) is 0 Å². The number of carboxylic acid groups (broad SMARTS) is 1. The molecule has 0 spiro atoms. The lowest BCUT2D eigenvalue weighted by Crippen LogP contribution is -2.46. The highest BCUT2D eigenvalue weighted by Gasteiger charge is 2.27. The van der Waals surface area contributed by atoms with Gasteiger partial charge in [0.05, 0.1) is 0 Å². The van der Waals surface area contributed by atoms with Crippen LogP contribution >= 0.6 is 0 Å². The van der Waals surface area contributed by atoms with Crippen LogP contribution in [0.2, 0.25) is 0 Å². The zero-order valence-corrected chi connectivity index (χ0v) is 14.3. The minimum absolute atomic E-state index is 0.131. The van der Waals surface area contributed by atoms with Crippen molar-refractivity contribution in [2.24, 2.45) is 4.99 Å². The molecule has 0 aliphatic carbocycles. The van der Waals surface area contributed by atoms with Crippen molar-refractivity contribution in [2.45, 2.75) is 0 Å². The van der Waals surface area contributed by atoms with Crippen LogP contribution < -0.4 is 0 Å². The number of rotatable bonds is 2. The van der Waals surface area contributed by atoms with Gasteiger partial charge in [0.1, 0.15) is 5.82 Å². The van der Waals surface area contributed by atoms with E-state index in [4.69, 9.17) is 9.84 Å². The second-order valence-electron chi connectivity index (χ2n) is 6.27. The summed E-state index contributed by atoms with van der Waals surface area (Å²) in [6.07, 6.45) is 0.631. The molecule has 4 rings (SSSR count). The van der Waals surface area contributed by atoms with E-state index in [-0.39, 0.29) is 17.4 Å². The fraction of sp³-hybridized carbons (Fsp3) is 0.211. The number of hydrogen-bond donors (Lipinski definition) is 1. The lowest BCUT2D eigenvalue weighted by atomic mass is 10.0. The van der Waals surface area contributed by atoms with Crippen molar-refractivity contribution < 1.29 is 23.8 Å². The number of hydrogen-bond acceptors (Lipinski definition) is 5. The summed E-state index contributed by atoms with van der Waals surface area (Å²) in [6.45, 7) is 1.64. The van der Waals surface area contributed by atoms with Crippen molar-refractivity contribution in [3.8, 4) is 0 Å². The van der Waals surface area contributed by atoms with E-state index in [1.54, 1.807) is 36.5 Å². The summed E-state index contributed by atoms with van der Waals surface area (Å²) < 4.78 is 19.3. The smallest absolute Gasteiger partial charge is 0.407 e. The molecule has 2 aromatic rings. The highest BCUT2D eigenvalue weighted by Crippen LogP contribution is 2.26. The first-order valence-corrected chi connectivity index (χ1v) is 8.45. The molecular weight excluding hydrogens is 353 g/mol. The van der Waals surface area contributed by atoms with Crippen LogP contribution in [-0.4, -0.2) is 59.0 Å². The van der Waals surface area contributed by atoms with E-state index in [1.165, 1.54) is 11.0 Å². The number of esters is 1. The summed E-state index contributed by atoms with van der Waals surface area (Å²) in [5, 5.41) is 10.0. The van der Waals surface area contributed by atoms with E-state index in [1.807, 2.05) is 4.90 Å². The molecule has 1 saturated heterocycles. The molecule has 138 valence electrons. The third-order valence-electron chi connectivity index (χ3n) is 4.61. The molecule has 0 radical (unpaired) electrons. The summed E-state index contributed by atoms with van der Waals surface area (Å²) in [7, 11) is 0. The van der Waals surface area contributed by atoms with E-state index in [0.717, 1.165) is 0 Å². The van der Waals surface area contributed by atoms with Crippen LogP contribution in [0.15, 0.2) is 53.3 Å². The van der Waals surface area contributed by atoms with E-state index >= 15 is 0 Å². The van der Waals surface area contributed by atoms with Crippen molar-refractivity contribution in [1.82, 2.24) is 9.80 Å². The molecule has 1 N–H and O–H groups in total. The Morgan fingerprint density at radius 1 is 1.11 bits per heavy atom. The third-order valence-corrected chi connectivity index (χ3v) is 4.61. The van der Waals surface area contributed by atoms with Crippen LogP contribution in [0.25, 0.3) is 10.8 Å². The predicted octanol–water partition coefficient (Wildman–Crippen LogP) is 2.42. The Balaban J connectivity index is 1.61. The zero-order valence-electron chi connectivity index (χ0n) is 14.3. The predicted molar refractivity (Wildman–Crippen MR) is 95.8 cm³/mol. The summed E-state index contributed by atoms with van der Waals surface area (Å²) in [4.78, 5) is 30.6. The van der Waals surface area contributed by atoms with Gasteiger partial charge in [-0.3, -0.25) is 0 Å². The minimum atomic E-state index is -0.953. The van der Waals surface area contributed by atoms with Gasteiger partial charge in [0.2, 0.25) is 5.90 Å². The van der Waals surface area contributed by atoms with E-state index in [2.05, 4.69) is 4.99 Å². The van der Waals surface area contributed by atoms with Gasteiger partial charge < -0.3 is 19.6 Å².